The number of hydrogen-bond acceptors (Lipinski definition) is 5. The smallest absolute Gasteiger partial charge is 0.325 e. The zero-order valence-electron chi connectivity index (χ0n) is 15.9. The Kier molecular flexibility index (Phi) is 8.66. The molecule has 0 saturated carbocycles. The van der Waals surface area contributed by atoms with Crippen LogP contribution in [0.15, 0.2) is 40.2 Å². The highest BCUT2D eigenvalue weighted by atomic mass is 79.9. The summed E-state index contributed by atoms with van der Waals surface area (Å²) >= 11 is 4.61. The number of aryl methyl sites for hydroxylation is 2. The third kappa shape index (κ3) is 7.44. The molecule has 0 aliphatic heterocycles. The number of likely N-dealkylation sites (N-methyl/N-ethyl adjacent to an activating group) is 1. The number of benzene rings is 1. The van der Waals surface area contributed by atoms with E-state index in [0.717, 1.165) is 9.35 Å². The molecule has 6 nitrogen and oxygen atoms in total. The maximum absolute atomic E-state index is 12.2. The summed E-state index contributed by atoms with van der Waals surface area (Å²) in [6.07, 6.45) is 1.04. The molecule has 0 atom stereocenters. The first-order chi connectivity index (χ1) is 13.3. The summed E-state index contributed by atoms with van der Waals surface area (Å²) in [7, 11) is 1.55. The van der Waals surface area contributed by atoms with Crippen LogP contribution in [0.1, 0.15) is 27.2 Å². The number of nitrogens with one attached hydrogen (secondary N) is 1. The van der Waals surface area contributed by atoms with Crippen LogP contribution in [-0.4, -0.2) is 49.4 Å². The minimum Gasteiger partial charge on any atom is -0.462 e. The summed E-state index contributed by atoms with van der Waals surface area (Å²) in [6.45, 7) is 2.19. The van der Waals surface area contributed by atoms with Crippen LogP contribution in [0, 0.1) is 6.92 Å². The number of hydrogen-bond donors (Lipinski definition) is 1. The fourth-order valence-electron chi connectivity index (χ4n) is 2.38. The van der Waals surface area contributed by atoms with Crippen molar-refractivity contribution in [1.29, 1.82) is 0 Å². The average Bonchev–Trinajstić information content (AvgIpc) is 3.10. The quantitative estimate of drug-likeness (QED) is 0.454. The summed E-state index contributed by atoms with van der Waals surface area (Å²) in [6, 6.07) is 11.5. The van der Waals surface area contributed by atoms with Crippen molar-refractivity contribution in [2.75, 3.05) is 26.7 Å². The van der Waals surface area contributed by atoms with E-state index < -0.39 is 5.97 Å². The molecule has 8 heteroatoms. The zero-order valence-corrected chi connectivity index (χ0v) is 18.3. The van der Waals surface area contributed by atoms with Crippen molar-refractivity contribution in [2.24, 2.45) is 0 Å². The second kappa shape index (κ2) is 11.0. The number of carbonyl (C=O) groups is 3. The molecule has 1 heterocycles. The van der Waals surface area contributed by atoms with Gasteiger partial charge < -0.3 is 15.0 Å². The van der Waals surface area contributed by atoms with Crippen LogP contribution in [0.5, 0.6) is 0 Å². The van der Waals surface area contributed by atoms with Gasteiger partial charge in [-0.05, 0) is 47.0 Å². The fourth-order valence-corrected chi connectivity index (χ4v) is 3.77. The minimum absolute atomic E-state index is 0.0711. The first kappa shape index (κ1) is 22.1. The van der Waals surface area contributed by atoms with Gasteiger partial charge in [0.15, 0.2) is 0 Å². The second-order valence-electron chi connectivity index (χ2n) is 6.32. The molecule has 2 aromatic rings. The van der Waals surface area contributed by atoms with Crippen LogP contribution >= 0.6 is 27.3 Å². The Morgan fingerprint density at radius 1 is 1.14 bits per heavy atom. The van der Waals surface area contributed by atoms with E-state index in [0.29, 0.717) is 17.7 Å². The van der Waals surface area contributed by atoms with Gasteiger partial charge in [0, 0.05) is 13.5 Å². The minimum atomic E-state index is -0.514. The van der Waals surface area contributed by atoms with Gasteiger partial charge in [-0.2, -0.15) is 0 Å². The summed E-state index contributed by atoms with van der Waals surface area (Å²) in [5.74, 6) is -0.843. The number of halogens is 1. The number of rotatable bonds is 9. The Morgan fingerprint density at radius 2 is 1.86 bits per heavy atom. The molecule has 1 N–H and O–H groups in total. The molecular weight excluding hydrogens is 444 g/mol. The van der Waals surface area contributed by atoms with Crippen LogP contribution in [-0.2, 0) is 20.7 Å². The monoisotopic (exact) mass is 466 g/mol. The maximum atomic E-state index is 12.2. The normalized spacial score (nSPS) is 10.4. The van der Waals surface area contributed by atoms with Crippen LogP contribution in [0.25, 0.3) is 0 Å². The van der Waals surface area contributed by atoms with Gasteiger partial charge in [0.25, 0.3) is 5.91 Å². The molecule has 1 aromatic heterocycles. The van der Waals surface area contributed by atoms with Crippen molar-refractivity contribution in [1.82, 2.24) is 10.2 Å². The van der Waals surface area contributed by atoms with Gasteiger partial charge in [-0.1, -0.05) is 29.8 Å². The van der Waals surface area contributed by atoms with Crippen molar-refractivity contribution in [2.45, 2.75) is 19.8 Å². The van der Waals surface area contributed by atoms with Crippen molar-refractivity contribution >= 4 is 45.1 Å². The lowest BCUT2D eigenvalue weighted by atomic mass is 10.1. The number of amides is 2. The van der Waals surface area contributed by atoms with Crippen LogP contribution in [0.4, 0.5) is 0 Å². The van der Waals surface area contributed by atoms with E-state index in [-0.39, 0.29) is 31.5 Å². The summed E-state index contributed by atoms with van der Waals surface area (Å²) < 4.78 is 5.93. The molecular formula is C20H23BrN2O4S. The van der Waals surface area contributed by atoms with Gasteiger partial charge in [0.05, 0.1) is 15.2 Å². The molecule has 0 bridgehead atoms. The number of ether oxygens (including phenoxy) is 1. The third-order valence-corrected chi connectivity index (χ3v) is 5.56. The van der Waals surface area contributed by atoms with Crippen molar-refractivity contribution < 1.29 is 19.1 Å². The predicted octanol–water partition coefficient (Wildman–Crippen LogP) is 3.18. The van der Waals surface area contributed by atoms with E-state index in [2.05, 4.69) is 21.2 Å². The van der Waals surface area contributed by atoms with Crippen LogP contribution < -0.4 is 5.32 Å². The highest BCUT2D eigenvalue weighted by Gasteiger charge is 2.17. The molecule has 0 unspecified atom stereocenters. The number of thiophene rings is 1. The molecule has 0 fully saturated rings. The fraction of sp³-hybridized carbons (Fsp3) is 0.350. The lowest BCUT2D eigenvalue weighted by Gasteiger charge is -2.15. The summed E-state index contributed by atoms with van der Waals surface area (Å²) in [4.78, 5) is 37.7. The molecule has 0 aliphatic carbocycles. The van der Waals surface area contributed by atoms with Crippen LogP contribution in [0.2, 0.25) is 0 Å². The van der Waals surface area contributed by atoms with Gasteiger partial charge in [-0.25, -0.2) is 0 Å². The maximum Gasteiger partial charge on any atom is 0.325 e. The first-order valence-corrected chi connectivity index (χ1v) is 10.4. The Morgan fingerprint density at radius 3 is 2.50 bits per heavy atom. The molecule has 0 spiro atoms. The van der Waals surface area contributed by atoms with E-state index in [9.17, 15) is 14.4 Å². The lowest BCUT2D eigenvalue weighted by Crippen LogP contribution is -2.34. The molecule has 0 radical (unpaired) electrons. The predicted molar refractivity (Wildman–Crippen MR) is 112 cm³/mol. The largest absolute Gasteiger partial charge is 0.462 e. The Balaban J connectivity index is 1.60. The van der Waals surface area contributed by atoms with Crippen molar-refractivity contribution in [3.63, 3.8) is 0 Å². The number of esters is 1. The van der Waals surface area contributed by atoms with Gasteiger partial charge in [-0.15, -0.1) is 11.3 Å². The molecule has 2 amide bonds. The molecule has 150 valence electrons. The second-order valence-corrected chi connectivity index (χ2v) is 8.78. The van der Waals surface area contributed by atoms with Crippen molar-refractivity contribution in [3.8, 4) is 0 Å². The molecule has 1 aromatic carbocycles. The first-order valence-electron chi connectivity index (χ1n) is 8.84. The number of nitrogens with zero attached hydrogens (tertiary/aromatic N) is 1. The van der Waals surface area contributed by atoms with E-state index in [4.69, 9.17) is 4.74 Å². The Bertz CT molecular complexity index is 820. The van der Waals surface area contributed by atoms with Gasteiger partial charge in [0.2, 0.25) is 5.91 Å². The Hall–Kier alpha value is -2.19. The van der Waals surface area contributed by atoms with E-state index >= 15 is 0 Å². The molecule has 0 aliphatic rings. The van der Waals surface area contributed by atoms with E-state index in [1.165, 1.54) is 21.8 Å². The number of carbonyl (C=O) groups excluding carboxylic acids is 3. The third-order valence-electron chi connectivity index (χ3n) is 3.95. The standard InChI is InChI=1S/C20H23BrN2O4S/c1-14-3-5-15(6-4-14)7-10-18(24)22-11-12-27-19(25)13-23(2)20(26)16-8-9-17(21)28-16/h3-6,8-9H,7,10-13H2,1-2H3,(H,22,24). The SMILES string of the molecule is Cc1ccc(CCC(=O)NCCOC(=O)CN(C)C(=O)c2ccc(Br)s2)cc1. The highest BCUT2D eigenvalue weighted by Crippen LogP contribution is 2.22. The van der Waals surface area contributed by atoms with Gasteiger partial charge >= 0.3 is 5.97 Å². The highest BCUT2D eigenvalue weighted by molar-refractivity contribution is 9.11. The van der Waals surface area contributed by atoms with Crippen molar-refractivity contribution in [3.05, 3.63) is 56.2 Å². The molecule has 28 heavy (non-hydrogen) atoms. The van der Waals surface area contributed by atoms with Gasteiger partial charge in [0.1, 0.15) is 13.2 Å². The topological polar surface area (TPSA) is 75.7 Å². The lowest BCUT2D eigenvalue weighted by molar-refractivity contribution is -0.144. The molecule has 0 saturated heterocycles. The average molecular weight is 467 g/mol. The zero-order chi connectivity index (χ0) is 20.5. The Labute approximate surface area is 177 Å². The van der Waals surface area contributed by atoms with E-state index in [1.807, 2.05) is 31.2 Å². The van der Waals surface area contributed by atoms with Gasteiger partial charge in [-0.3, -0.25) is 14.4 Å². The van der Waals surface area contributed by atoms with E-state index in [1.54, 1.807) is 19.2 Å². The molecule has 2 rings (SSSR count). The van der Waals surface area contributed by atoms with Crippen LogP contribution in [0.3, 0.4) is 0 Å². The summed E-state index contributed by atoms with van der Waals surface area (Å²) in [5, 5.41) is 2.72. The summed E-state index contributed by atoms with van der Waals surface area (Å²) in [5.41, 5.74) is 2.29.